The highest BCUT2D eigenvalue weighted by Crippen LogP contribution is 2.05. The third-order valence-electron chi connectivity index (χ3n) is 1.89. The average Bonchev–Trinajstić information content (AvgIpc) is 2.64. The molecule has 0 spiro atoms. The summed E-state index contributed by atoms with van der Waals surface area (Å²) >= 11 is 0. The first-order valence-electron chi connectivity index (χ1n) is 4.61. The standard InChI is InChI=1S/C10H17NO2/c1-9(5-6-11-2)13-8-10-4-3-7-12-10/h3-4,7,9,11H,5-6,8H2,1-2H3. The summed E-state index contributed by atoms with van der Waals surface area (Å²) < 4.78 is 10.7. The highest BCUT2D eigenvalue weighted by molar-refractivity contribution is 4.96. The van der Waals surface area contributed by atoms with Crippen molar-refractivity contribution in [3.05, 3.63) is 24.2 Å². The molecule has 0 aliphatic carbocycles. The van der Waals surface area contributed by atoms with Gasteiger partial charge in [-0.25, -0.2) is 0 Å². The number of hydrogen-bond acceptors (Lipinski definition) is 3. The highest BCUT2D eigenvalue weighted by Gasteiger charge is 2.02. The molecule has 0 bridgehead atoms. The maximum absolute atomic E-state index is 5.55. The van der Waals surface area contributed by atoms with E-state index in [0.29, 0.717) is 6.61 Å². The molecule has 0 aliphatic heterocycles. The van der Waals surface area contributed by atoms with Gasteiger partial charge in [-0.05, 0) is 39.1 Å². The van der Waals surface area contributed by atoms with E-state index in [4.69, 9.17) is 9.15 Å². The lowest BCUT2D eigenvalue weighted by molar-refractivity contribution is 0.0381. The van der Waals surface area contributed by atoms with Gasteiger partial charge in [0, 0.05) is 0 Å². The van der Waals surface area contributed by atoms with E-state index in [-0.39, 0.29) is 6.10 Å². The molecule has 1 N–H and O–H groups in total. The molecule has 1 heterocycles. The maximum Gasteiger partial charge on any atom is 0.129 e. The van der Waals surface area contributed by atoms with Gasteiger partial charge in [-0.15, -0.1) is 0 Å². The lowest BCUT2D eigenvalue weighted by Crippen LogP contribution is -2.16. The maximum atomic E-state index is 5.55. The Labute approximate surface area is 79.1 Å². The van der Waals surface area contributed by atoms with Crippen LogP contribution in [0.2, 0.25) is 0 Å². The van der Waals surface area contributed by atoms with Crippen LogP contribution in [0, 0.1) is 0 Å². The molecule has 1 aromatic heterocycles. The fraction of sp³-hybridized carbons (Fsp3) is 0.600. The molecule has 1 rings (SSSR count). The Kier molecular flexibility index (Phi) is 4.57. The Balaban J connectivity index is 2.11. The van der Waals surface area contributed by atoms with E-state index in [1.54, 1.807) is 6.26 Å². The molecule has 0 radical (unpaired) electrons. The first kappa shape index (κ1) is 10.3. The van der Waals surface area contributed by atoms with Gasteiger partial charge in [-0.3, -0.25) is 0 Å². The zero-order valence-electron chi connectivity index (χ0n) is 8.25. The van der Waals surface area contributed by atoms with Crippen LogP contribution in [0.15, 0.2) is 22.8 Å². The molecular formula is C10H17NO2. The quantitative estimate of drug-likeness (QED) is 0.730. The van der Waals surface area contributed by atoms with Gasteiger partial charge in [-0.2, -0.15) is 0 Å². The van der Waals surface area contributed by atoms with Crippen LogP contribution in [0.1, 0.15) is 19.1 Å². The Morgan fingerprint density at radius 2 is 2.46 bits per heavy atom. The van der Waals surface area contributed by atoms with Gasteiger partial charge in [0.05, 0.1) is 12.4 Å². The van der Waals surface area contributed by atoms with Gasteiger partial charge in [-0.1, -0.05) is 0 Å². The summed E-state index contributed by atoms with van der Waals surface area (Å²) in [6, 6.07) is 3.79. The van der Waals surface area contributed by atoms with Gasteiger partial charge in [0.15, 0.2) is 0 Å². The third kappa shape index (κ3) is 4.10. The summed E-state index contributed by atoms with van der Waals surface area (Å²) in [4.78, 5) is 0. The molecule has 0 amide bonds. The van der Waals surface area contributed by atoms with Crippen molar-refractivity contribution in [2.24, 2.45) is 0 Å². The summed E-state index contributed by atoms with van der Waals surface area (Å²) in [6.45, 7) is 3.62. The second-order valence-electron chi connectivity index (χ2n) is 3.09. The molecule has 1 atom stereocenters. The number of nitrogens with one attached hydrogen (secondary N) is 1. The Bertz CT molecular complexity index is 209. The zero-order chi connectivity index (χ0) is 9.52. The van der Waals surface area contributed by atoms with E-state index < -0.39 is 0 Å². The van der Waals surface area contributed by atoms with Crippen molar-refractivity contribution in [1.29, 1.82) is 0 Å². The predicted molar refractivity (Wildman–Crippen MR) is 51.5 cm³/mol. The highest BCUT2D eigenvalue weighted by atomic mass is 16.5. The molecule has 0 saturated heterocycles. The number of furan rings is 1. The lowest BCUT2D eigenvalue weighted by Gasteiger charge is -2.11. The normalized spacial score (nSPS) is 13.1. The molecular weight excluding hydrogens is 166 g/mol. The smallest absolute Gasteiger partial charge is 0.129 e. The first-order chi connectivity index (χ1) is 6.33. The molecule has 0 aliphatic rings. The third-order valence-corrected chi connectivity index (χ3v) is 1.89. The second kappa shape index (κ2) is 5.78. The van der Waals surface area contributed by atoms with Gasteiger partial charge in [0.2, 0.25) is 0 Å². The molecule has 0 saturated carbocycles. The topological polar surface area (TPSA) is 34.4 Å². The number of hydrogen-bond donors (Lipinski definition) is 1. The van der Waals surface area contributed by atoms with Crippen LogP contribution in [-0.4, -0.2) is 19.7 Å². The van der Waals surface area contributed by atoms with E-state index in [9.17, 15) is 0 Å². The molecule has 74 valence electrons. The van der Waals surface area contributed by atoms with Crippen molar-refractivity contribution in [3.8, 4) is 0 Å². The summed E-state index contributed by atoms with van der Waals surface area (Å²) in [5.41, 5.74) is 0. The molecule has 0 fully saturated rings. The van der Waals surface area contributed by atoms with E-state index in [1.165, 1.54) is 0 Å². The minimum Gasteiger partial charge on any atom is -0.467 e. The SMILES string of the molecule is CNCCC(C)OCc1ccco1. The number of ether oxygens (including phenoxy) is 1. The molecule has 1 unspecified atom stereocenters. The van der Waals surface area contributed by atoms with Gasteiger partial charge in [0.1, 0.15) is 12.4 Å². The van der Waals surface area contributed by atoms with E-state index in [1.807, 2.05) is 19.2 Å². The number of rotatable bonds is 6. The van der Waals surface area contributed by atoms with Gasteiger partial charge >= 0.3 is 0 Å². The lowest BCUT2D eigenvalue weighted by atomic mass is 10.3. The Morgan fingerprint density at radius 3 is 3.08 bits per heavy atom. The molecule has 1 aromatic rings. The van der Waals surface area contributed by atoms with Crippen molar-refractivity contribution >= 4 is 0 Å². The van der Waals surface area contributed by atoms with E-state index in [0.717, 1.165) is 18.7 Å². The van der Waals surface area contributed by atoms with Crippen molar-refractivity contribution in [2.45, 2.75) is 26.1 Å². The van der Waals surface area contributed by atoms with Crippen molar-refractivity contribution < 1.29 is 9.15 Å². The fourth-order valence-electron chi connectivity index (χ4n) is 1.05. The van der Waals surface area contributed by atoms with E-state index in [2.05, 4.69) is 12.2 Å². The van der Waals surface area contributed by atoms with Crippen LogP contribution in [0.5, 0.6) is 0 Å². The monoisotopic (exact) mass is 183 g/mol. The minimum absolute atomic E-state index is 0.276. The van der Waals surface area contributed by atoms with Crippen LogP contribution in [0.3, 0.4) is 0 Å². The molecule has 3 heteroatoms. The van der Waals surface area contributed by atoms with E-state index >= 15 is 0 Å². The largest absolute Gasteiger partial charge is 0.467 e. The predicted octanol–water partition coefficient (Wildman–Crippen LogP) is 1.79. The van der Waals surface area contributed by atoms with Crippen LogP contribution >= 0.6 is 0 Å². The van der Waals surface area contributed by atoms with Gasteiger partial charge in [0.25, 0.3) is 0 Å². The molecule has 13 heavy (non-hydrogen) atoms. The van der Waals surface area contributed by atoms with Crippen molar-refractivity contribution in [3.63, 3.8) is 0 Å². The van der Waals surface area contributed by atoms with Crippen LogP contribution in [0.4, 0.5) is 0 Å². The van der Waals surface area contributed by atoms with Crippen molar-refractivity contribution in [1.82, 2.24) is 5.32 Å². The van der Waals surface area contributed by atoms with Crippen LogP contribution in [-0.2, 0) is 11.3 Å². The average molecular weight is 183 g/mol. The minimum atomic E-state index is 0.276. The first-order valence-corrected chi connectivity index (χ1v) is 4.61. The zero-order valence-corrected chi connectivity index (χ0v) is 8.25. The fourth-order valence-corrected chi connectivity index (χ4v) is 1.05. The Morgan fingerprint density at radius 1 is 1.62 bits per heavy atom. The second-order valence-corrected chi connectivity index (χ2v) is 3.09. The van der Waals surface area contributed by atoms with Crippen LogP contribution < -0.4 is 5.32 Å². The molecule has 0 aromatic carbocycles. The molecule has 3 nitrogen and oxygen atoms in total. The Hall–Kier alpha value is -0.800. The van der Waals surface area contributed by atoms with Gasteiger partial charge < -0.3 is 14.5 Å². The van der Waals surface area contributed by atoms with Crippen LogP contribution in [0.25, 0.3) is 0 Å². The summed E-state index contributed by atoms with van der Waals surface area (Å²) in [5.74, 6) is 0.885. The van der Waals surface area contributed by atoms with Crippen molar-refractivity contribution in [2.75, 3.05) is 13.6 Å². The summed E-state index contributed by atoms with van der Waals surface area (Å²) in [6.07, 6.45) is 2.96. The summed E-state index contributed by atoms with van der Waals surface area (Å²) in [7, 11) is 1.94. The summed E-state index contributed by atoms with van der Waals surface area (Å²) in [5, 5.41) is 3.09.